The molecule has 0 spiro atoms. The van der Waals surface area contributed by atoms with Crippen LogP contribution in [0.4, 0.5) is 4.79 Å². The number of hydrogen-bond donors (Lipinski definition) is 1. The molecule has 7 heteroatoms. The summed E-state index contributed by atoms with van der Waals surface area (Å²) in [6.45, 7) is 1.41. The lowest BCUT2D eigenvalue weighted by Crippen LogP contribution is -2.61. The molecule has 1 N–H and O–H groups in total. The molecule has 0 radical (unpaired) electrons. The number of carbonyl (C=O) groups is 1. The largest absolute Gasteiger partial charge is 0.445 e. The molecule has 7 nitrogen and oxygen atoms in total. The summed E-state index contributed by atoms with van der Waals surface area (Å²) in [7, 11) is 0. The minimum absolute atomic E-state index is 0.145. The molecule has 4 aromatic carbocycles. The Kier molecular flexibility index (Phi) is 10.5. The highest BCUT2D eigenvalue weighted by molar-refractivity contribution is 5.67. The number of rotatable bonds is 12. The van der Waals surface area contributed by atoms with Crippen LogP contribution in [0.5, 0.6) is 0 Å². The number of benzene rings is 4. The Morgan fingerprint density at radius 3 is 1.49 bits per heavy atom. The van der Waals surface area contributed by atoms with Crippen LogP contribution in [-0.4, -0.2) is 37.2 Å². The van der Waals surface area contributed by atoms with E-state index in [9.17, 15) is 4.79 Å². The molecule has 1 heterocycles. The average Bonchev–Trinajstić information content (AvgIpc) is 3.03. The second kappa shape index (κ2) is 15.1. The Labute approximate surface area is 241 Å². The van der Waals surface area contributed by atoms with Crippen LogP contribution >= 0.6 is 0 Å². The molecule has 5 rings (SSSR count). The number of amides is 1. The molecule has 4 atom stereocenters. The first-order valence-corrected chi connectivity index (χ1v) is 13.8. The molecule has 1 amide bonds. The highest BCUT2D eigenvalue weighted by Crippen LogP contribution is 2.26. The standard InChI is InChI=1S/C34H35NO6/c36-34(41-24-29-19-11-4-12-20-29)35-33-32(39-23-28-17-9-3-10-18-28)31(38-22-27-15-7-2-8-16-27)30(25-40-33)37-21-26-13-5-1-6-14-26/h1-20,30-33H,21-25H2,(H,35,36)/t30-,31+,32-,33-/m1/s1. The van der Waals surface area contributed by atoms with E-state index >= 15 is 0 Å². The van der Waals surface area contributed by atoms with E-state index in [1.165, 1.54) is 0 Å². The number of carbonyl (C=O) groups excluding carboxylic acids is 1. The molecule has 1 aliphatic rings. The molecule has 212 valence electrons. The van der Waals surface area contributed by atoms with Gasteiger partial charge in [-0.05, 0) is 22.3 Å². The predicted octanol–water partition coefficient (Wildman–Crippen LogP) is 6.03. The average molecular weight is 554 g/mol. The summed E-state index contributed by atoms with van der Waals surface area (Å²) < 4.78 is 30.9. The van der Waals surface area contributed by atoms with Crippen LogP contribution in [0.3, 0.4) is 0 Å². The summed E-state index contributed by atoms with van der Waals surface area (Å²) in [5, 5.41) is 2.85. The molecule has 0 saturated carbocycles. The van der Waals surface area contributed by atoms with Crippen LogP contribution in [0.1, 0.15) is 22.3 Å². The van der Waals surface area contributed by atoms with Crippen molar-refractivity contribution in [2.45, 2.75) is 51.0 Å². The molecule has 0 aromatic heterocycles. The van der Waals surface area contributed by atoms with E-state index in [4.69, 9.17) is 23.7 Å². The fraction of sp³-hybridized carbons (Fsp3) is 0.265. The molecule has 0 unspecified atom stereocenters. The van der Waals surface area contributed by atoms with Crippen LogP contribution in [0.25, 0.3) is 0 Å². The van der Waals surface area contributed by atoms with Gasteiger partial charge in [0.1, 0.15) is 24.9 Å². The first kappa shape index (κ1) is 28.5. The van der Waals surface area contributed by atoms with Crippen molar-refractivity contribution in [3.63, 3.8) is 0 Å². The zero-order valence-electron chi connectivity index (χ0n) is 22.8. The van der Waals surface area contributed by atoms with E-state index in [2.05, 4.69) is 5.32 Å². The zero-order valence-corrected chi connectivity index (χ0v) is 22.8. The van der Waals surface area contributed by atoms with Crippen LogP contribution < -0.4 is 5.32 Å². The van der Waals surface area contributed by atoms with Gasteiger partial charge < -0.3 is 23.7 Å². The lowest BCUT2D eigenvalue weighted by Gasteiger charge is -2.42. The first-order valence-electron chi connectivity index (χ1n) is 13.8. The molecular weight excluding hydrogens is 518 g/mol. The van der Waals surface area contributed by atoms with E-state index < -0.39 is 30.6 Å². The van der Waals surface area contributed by atoms with Crippen LogP contribution in [0.15, 0.2) is 121 Å². The van der Waals surface area contributed by atoms with Gasteiger partial charge in [0.15, 0.2) is 6.23 Å². The quantitative estimate of drug-likeness (QED) is 0.231. The van der Waals surface area contributed by atoms with E-state index in [0.29, 0.717) is 19.8 Å². The van der Waals surface area contributed by atoms with Crippen molar-refractivity contribution in [2.24, 2.45) is 0 Å². The SMILES string of the molecule is O=C(N[C@@H]1OC[C@@H](OCc2ccccc2)[C@H](OCc2ccccc2)[C@H]1OCc1ccccc1)OCc1ccccc1. The minimum Gasteiger partial charge on any atom is -0.445 e. The lowest BCUT2D eigenvalue weighted by molar-refractivity contribution is -0.242. The smallest absolute Gasteiger partial charge is 0.409 e. The third-order valence-corrected chi connectivity index (χ3v) is 6.78. The van der Waals surface area contributed by atoms with Gasteiger partial charge in [-0.25, -0.2) is 4.79 Å². The molecule has 0 aliphatic carbocycles. The second-order valence-corrected chi connectivity index (χ2v) is 9.82. The van der Waals surface area contributed by atoms with Crippen LogP contribution in [-0.2, 0) is 50.1 Å². The van der Waals surface area contributed by atoms with Crippen LogP contribution in [0, 0.1) is 0 Å². The van der Waals surface area contributed by atoms with Crippen molar-refractivity contribution in [1.82, 2.24) is 5.32 Å². The van der Waals surface area contributed by atoms with E-state index in [0.717, 1.165) is 22.3 Å². The van der Waals surface area contributed by atoms with E-state index in [1.807, 2.05) is 121 Å². The van der Waals surface area contributed by atoms with Crippen molar-refractivity contribution >= 4 is 6.09 Å². The second-order valence-electron chi connectivity index (χ2n) is 9.82. The van der Waals surface area contributed by atoms with Gasteiger partial charge in [-0.15, -0.1) is 0 Å². The van der Waals surface area contributed by atoms with Gasteiger partial charge in [0.2, 0.25) is 0 Å². The van der Waals surface area contributed by atoms with Gasteiger partial charge in [0.25, 0.3) is 0 Å². The summed E-state index contributed by atoms with van der Waals surface area (Å²) in [6, 6.07) is 39.3. The van der Waals surface area contributed by atoms with Gasteiger partial charge in [0.05, 0.1) is 26.4 Å². The zero-order chi connectivity index (χ0) is 28.1. The molecule has 41 heavy (non-hydrogen) atoms. The maximum Gasteiger partial charge on any atom is 0.409 e. The van der Waals surface area contributed by atoms with Crippen LogP contribution in [0.2, 0.25) is 0 Å². The van der Waals surface area contributed by atoms with Crippen molar-refractivity contribution in [1.29, 1.82) is 0 Å². The van der Waals surface area contributed by atoms with Gasteiger partial charge in [0, 0.05) is 0 Å². The monoisotopic (exact) mass is 553 g/mol. The fourth-order valence-electron chi connectivity index (χ4n) is 4.61. The van der Waals surface area contributed by atoms with Gasteiger partial charge in [-0.2, -0.15) is 0 Å². The number of ether oxygens (including phenoxy) is 5. The Hall–Kier alpha value is -4.01. The molecule has 4 aromatic rings. The summed E-state index contributed by atoms with van der Waals surface area (Å²) in [5.41, 5.74) is 3.95. The topological polar surface area (TPSA) is 75.3 Å². The number of hydrogen-bond acceptors (Lipinski definition) is 6. The predicted molar refractivity (Wildman–Crippen MR) is 155 cm³/mol. The summed E-state index contributed by atoms with van der Waals surface area (Å²) >= 11 is 0. The summed E-state index contributed by atoms with van der Waals surface area (Å²) in [4.78, 5) is 12.8. The minimum atomic E-state index is -0.806. The Balaban J connectivity index is 1.32. The maximum atomic E-state index is 12.8. The third kappa shape index (κ3) is 8.74. The molecule has 1 fully saturated rings. The van der Waals surface area contributed by atoms with Gasteiger partial charge in [-0.1, -0.05) is 121 Å². The molecule has 0 bridgehead atoms. The van der Waals surface area contributed by atoms with Crippen molar-refractivity contribution in [2.75, 3.05) is 6.61 Å². The molecule has 1 saturated heterocycles. The highest BCUT2D eigenvalue weighted by atomic mass is 16.6. The maximum absolute atomic E-state index is 12.8. The summed E-state index contributed by atoms with van der Waals surface area (Å²) in [5.74, 6) is 0. The van der Waals surface area contributed by atoms with E-state index in [-0.39, 0.29) is 13.2 Å². The van der Waals surface area contributed by atoms with Crippen molar-refractivity contribution in [3.8, 4) is 0 Å². The van der Waals surface area contributed by atoms with Crippen molar-refractivity contribution < 1.29 is 28.5 Å². The Bertz CT molecular complexity index is 1310. The lowest BCUT2D eigenvalue weighted by atomic mass is 10.0. The summed E-state index contributed by atoms with van der Waals surface area (Å²) in [6.07, 6.45) is -3.04. The highest BCUT2D eigenvalue weighted by Gasteiger charge is 2.44. The molecular formula is C34H35NO6. The number of nitrogens with one attached hydrogen (secondary N) is 1. The Morgan fingerprint density at radius 2 is 1.00 bits per heavy atom. The fourth-order valence-corrected chi connectivity index (χ4v) is 4.61. The molecule has 1 aliphatic heterocycles. The van der Waals surface area contributed by atoms with E-state index in [1.54, 1.807) is 0 Å². The first-order chi connectivity index (χ1) is 20.2. The van der Waals surface area contributed by atoms with Gasteiger partial charge >= 0.3 is 6.09 Å². The number of alkyl carbamates (subject to hydrolysis) is 1. The normalized spacial score (nSPS) is 20.3. The third-order valence-electron chi connectivity index (χ3n) is 6.78. The van der Waals surface area contributed by atoms with Gasteiger partial charge in [-0.3, -0.25) is 5.32 Å². The Morgan fingerprint density at radius 1 is 0.585 bits per heavy atom. The van der Waals surface area contributed by atoms with Crippen molar-refractivity contribution in [3.05, 3.63) is 144 Å².